The number of hydrogen-bond donors (Lipinski definition) is 1. The SMILES string of the molecule is Cc1ccnnc1-c1ccc(C(=O)CN2C(=O)NC3(CCC(F)(F)CC3)C2=O)c(F)c1. The van der Waals surface area contributed by atoms with Crippen molar-refractivity contribution in [3.8, 4) is 11.3 Å². The van der Waals surface area contributed by atoms with Crippen LogP contribution < -0.4 is 5.32 Å². The van der Waals surface area contributed by atoms with Crippen LogP contribution in [-0.4, -0.2) is 50.8 Å². The summed E-state index contributed by atoms with van der Waals surface area (Å²) in [6.45, 7) is 1.11. The fourth-order valence-corrected chi connectivity index (χ4v) is 4.00. The monoisotopic (exact) mass is 432 g/mol. The van der Waals surface area contributed by atoms with Crippen LogP contribution in [0.5, 0.6) is 0 Å². The van der Waals surface area contributed by atoms with E-state index in [9.17, 15) is 27.6 Å². The van der Waals surface area contributed by atoms with Gasteiger partial charge in [0.05, 0.1) is 17.8 Å². The van der Waals surface area contributed by atoms with Crippen molar-refractivity contribution in [2.24, 2.45) is 0 Å². The number of aryl methyl sites for hydroxylation is 1. The maximum Gasteiger partial charge on any atom is 0.325 e. The van der Waals surface area contributed by atoms with Crippen molar-refractivity contribution in [3.63, 3.8) is 0 Å². The zero-order chi connectivity index (χ0) is 22.4. The Labute approximate surface area is 175 Å². The van der Waals surface area contributed by atoms with Crippen LogP contribution in [-0.2, 0) is 4.79 Å². The van der Waals surface area contributed by atoms with Crippen molar-refractivity contribution in [2.75, 3.05) is 6.54 Å². The number of Topliss-reactive ketones (excluding diaryl/α,β-unsaturated/α-hetero) is 1. The first-order chi connectivity index (χ1) is 14.6. The van der Waals surface area contributed by atoms with Gasteiger partial charge in [-0.2, -0.15) is 10.2 Å². The van der Waals surface area contributed by atoms with Gasteiger partial charge in [-0.15, -0.1) is 0 Å². The van der Waals surface area contributed by atoms with E-state index in [1.165, 1.54) is 18.3 Å². The van der Waals surface area contributed by atoms with Crippen molar-refractivity contribution < 1.29 is 27.6 Å². The van der Waals surface area contributed by atoms with Crippen molar-refractivity contribution in [2.45, 2.75) is 44.1 Å². The molecule has 0 bridgehead atoms. The van der Waals surface area contributed by atoms with Gasteiger partial charge in [0.25, 0.3) is 5.91 Å². The molecule has 1 saturated carbocycles. The zero-order valence-electron chi connectivity index (χ0n) is 16.6. The van der Waals surface area contributed by atoms with Gasteiger partial charge in [-0.3, -0.25) is 14.5 Å². The van der Waals surface area contributed by atoms with Gasteiger partial charge in [-0.25, -0.2) is 18.0 Å². The van der Waals surface area contributed by atoms with Crippen LogP contribution in [0, 0.1) is 12.7 Å². The molecule has 2 heterocycles. The van der Waals surface area contributed by atoms with Gasteiger partial charge in [0.1, 0.15) is 11.4 Å². The summed E-state index contributed by atoms with van der Waals surface area (Å²) in [4.78, 5) is 38.4. The molecule has 1 spiro atoms. The molecule has 1 aromatic heterocycles. The molecular weight excluding hydrogens is 413 g/mol. The number of urea groups is 1. The average Bonchev–Trinajstić information content (AvgIpc) is 2.95. The minimum Gasteiger partial charge on any atom is -0.323 e. The maximum absolute atomic E-state index is 14.7. The molecule has 162 valence electrons. The smallest absolute Gasteiger partial charge is 0.323 e. The van der Waals surface area contributed by atoms with E-state index in [2.05, 4.69) is 15.5 Å². The number of benzene rings is 1. The molecule has 31 heavy (non-hydrogen) atoms. The van der Waals surface area contributed by atoms with Gasteiger partial charge in [-0.1, -0.05) is 6.07 Å². The molecule has 7 nitrogen and oxygen atoms in total. The quantitative estimate of drug-likeness (QED) is 0.591. The second kappa shape index (κ2) is 7.44. The number of carbonyl (C=O) groups excluding carboxylic acids is 3. The molecule has 0 radical (unpaired) electrons. The van der Waals surface area contributed by atoms with E-state index in [0.29, 0.717) is 16.2 Å². The van der Waals surface area contributed by atoms with Crippen LogP contribution in [0.3, 0.4) is 0 Å². The first-order valence-corrected chi connectivity index (χ1v) is 9.75. The van der Waals surface area contributed by atoms with Crippen LogP contribution in [0.1, 0.15) is 41.6 Å². The lowest BCUT2D eigenvalue weighted by molar-refractivity contribution is -0.135. The first-order valence-electron chi connectivity index (χ1n) is 9.75. The lowest BCUT2D eigenvalue weighted by Gasteiger charge is -2.34. The topological polar surface area (TPSA) is 92.3 Å². The third-order valence-electron chi connectivity index (χ3n) is 5.85. The predicted molar refractivity (Wildman–Crippen MR) is 103 cm³/mol. The van der Waals surface area contributed by atoms with Crippen molar-refractivity contribution >= 4 is 17.7 Å². The molecule has 10 heteroatoms. The van der Waals surface area contributed by atoms with Gasteiger partial charge in [0.2, 0.25) is 5.92 Å². The molecule has 1 saturated heterocycles. The van der Waals surface area contributed by atoms with E-state index < -0.39 is 54.4 Å². The number of nitrogens with one attached hydrogen (secondary N) is 1. The molecule has 2 aliphatic rings. The lowest BCUT2D eigenvalue weighted by atomic mass is 9.80. The molecule has 1 aliphatic heterocycles. The Balaban J connectivity index is 1.51. The number of nitrogens with zero attached hydrogens (tertiary/aromatic N) is 3. The van der Waals surface area contributed by atoms with Crippen LogP contribution in [0.2, 0.25) is 0 Å². The number of hydrogen-bond acceptors (Lipinski definition) is 5. The van der Waals surface area contributed by atoms with E-state index >= 15 is 0 Å². The van der Waals surface area contributed by atoms with Crippen LogP contribution in [0.25, 0.3) is 11.3 Å². The van der Waals surface area contributed by atoms with Crippen LogP contribution in [0.4, 0.5) is 18.0 Å². The van der Waals surface area contributed by atoms with E-state index in [0.717, 1.165) is 11.6 Å². The van der Waals surface area contributed by atoms with Crippen LogP contribution in [0.15, 0.2) is 30.5 Å². The molecule has 3 amide bonds. The highest BCUT2D eigenvalue weighted by Crippen LogP contribution is 2.41. The number of imide groups is 1. The number of aromatic nitrogens is 2. The second-order valence-electron chi connectivity index (χ2n) is 7.94. The Bertz CT molecular complexity index is 1080. The summed E-state index contributed by atoms with van der Waals surface area (Å²) in [5, 5.41) is 10.2. The first kappa shape index (κ1) is 21.0. The highest BCUT2D eigenvalue weighted by Gasteiger charge is 2.55. The summed E-state index contributed by atoms with van der Waals surface area (Å²) in [5.74, 6) is -5.21. The van der Waals surface area contributed by atoms with Gasteiger partial charge in [0.15, 0.2) is 5.78 Å². The van der Waals surface area contributed by atoms with Crippen molar-refractivity contribution in [3.05, 3.63) is 47.4 Å². The molecule has 0 atom stereocenters. The minimum atomic E-state index is -2.88. The Morgan fingerprint density at radius 3 is 2.52 bits per heavy atom. The third-order valence-corrected chi connectivity index (χ3v) is 5.85. The van der Waals surface area contributed by atoms with Gasteiger partial charge in [-0.05, 0) is 43.5 Å². The molecule has 1 N–H and O–H groups in total. The summed E-state index contributed by atoms with van der Waals surface area (Å²) in [5.41, 5.74) is -0.0502. The fraction of sp³-hybridized carbons (Fsp3) is 0.381. The maximum atomic E-state index is 14.7. The summed E-state index contributed by atoms with van der Waals surface area (Å²) >= 11 is 0. The summed E-state index contributed by atoms with van der Waals surface area (Å²) in [6.07, 6.45) is 0.0222. The predicted octanol–water partition coefficient (Wildman–Crippen LogP) is 3.27. The van der Waals surface area contributed by atoms with Crippen LogP contribution >= 0.6 is 0 Å². The zero-order valence-corrected chi connectivity index (χ0v) is 16.6. The van der Waals surface area contributed by atoms with Gasteiger partial charge in [0, 0.05) is 24.6 Å². The number of ketones is 1. The number of carbonyl (C=O) groups is 3. The molecular formula is C21H19F3N4O3. The molecule has 2 fully saturated rings. The van der Waals surface area contributed by atoms with E-state index in [1.54, 1.807) is 13.0 Å². The highest BCUT2D eigenvalue weighted by atomic mass is 19.3. The highest BCUT2D eigenvalue weighted by molar-refractivity contribution is 6.11. The molecule has 4 rings (SSSR count). The van der Waals surface area contributed by atoms with Gasteiger partial charge < -0.3 is 5.32 Å². The average molecular weight is 432 g/mol. The summed E-state index contributed by atoms with van der Waals surface area (Å²) in [7, 11) is 0. The molecule has 2 aromatic rings. The molecule has 1 aromatic carbocycles. The van der Waals surface area contributed by atoms with Crippen molar-refractivity contribution in [1.82, 2.24) is 20.4 Å². The summed E-state index contributed by atoms with van der Waals surface area (Å²) < 4.78 is 41.6. The standard InChI is InChI=1S/C21H19F3N4O3/c1-12-4-9-25-27-17(12)13-2-3-14(15(22)10-13)16(29)11-28-18(30)20(26-19(28)31)5-7-21(23,24)8-6-20/h2-4,9-10H,5-8,11H2,1H3,(H,26,31). The van der Waals surface area contributed by atoms with E-state index in [4.69, 9.17) is 0 Å². The van der Waals surface area contributed by atoms with Crippen molar-refractivity contribution in [1.29, 1.82) is 0 Å². The molecule has 0 unspecified atom stereocenters. The Morgan fingerprint density at radius 2 is 1.87 bits per heavy atom. The lowest BCUT2D eigenvalue weighted by Crippen LogP contribution is -2.51. The third kappa shape index (κ3) is 3.77. The van der Waals surface area contributed by atoms with E-state index in [1.807, 2.05) is 0 Å². The largest absolute Gasteiger partial charge is 0.325 e. The number of amides is 3. The van der Waals surface area contributed by atoms with Gasteiger partial charge >= 0.3 is 6.03 Å². The number of alkyl halides is 2. The summed E-state index contributed by atoms with van der Waals surface area (Å²) in [6, 6.07) is 4.78. The Hall–Kier alpha value is -3.30. The number of halogens is 3. The minimum absolute atomic E-state index is 0.213. The molecule has 1 aliphatic carbocycles. The Kier molecular flexibility index (Phi) is 5.03. The normalized spacial score (nSPS) is 19.5. The van der Waals surface area contributed by atoms with E-state index in [-0.39, 0.29) is 18.4 Å². The fourth-order valence-electron chi connectivity index (χ4n) is 4.00. The Morgan fingerprint density at radius 1 is 1.16 bits per heavy atom. The second-order valence-corrected chi connectivity index (χ2v) is 7.94. The number of rotatable bonds is 4.